The summed E-state index contributed by atoms with van der Waals surface area (Å²) >= 11 is 1.82. The zero-order valence-corrected chi connectivity index (χ0v) is 11.1. The molecular weight excluding hydrogens is 266 g/mol. The molecule has 0 aromatic heterocycles. The van der Waals surface area contributed by atoms with E-state index in [0.29, 0.717) is 5.56 Å². The smallest absolute Gasteiger partial charge is 0.292 e. The van der Waals surface area contributed by atoms with Crippen LogP contribution in [0.3, 0.4) is 0 Å². The van der Waals surface area contributed by atoms with E-state index in [1.807, 2.05) is 11.8 Å². The summed E-state index contributed by atoms with van der Waals surface area (Å²) in [4.78, 5) is 22.1. The van der Waals surface area contributed by atoms with Crippen molar-refractivity contribution in [3.63, 3.8) is 0 Å². The quantitative estimate of drug-likeness (QED) is 0.500. The Balaban J connectivity index is 2.06. The first-order valence-electron chi connectivity index (χ1n) is 6.00. The predicted molar refractivity (Wildman–Crippen MR) is 75.3 cm³/mol. The number of nitrogens with two attached hydrogens (primary N) is 1. The van der Waals surface area contributed by atoms with Gasteiger partial charge in [0, 0.05) is 23.4 Å². The average Bonchev–Trinajstić information content (AvgIpc) is 2.39. The molecule has 1 fully saturated rings. The topological polar surface area (TPSA) is 98.3 Å². The number of carbonyl (C=O) groups is 1. The molecule has 1 unspecified atom stereocenters. The third-order valence-electron chi connectivity index (χ3n) is 2.98. The Morgan fingerprint density at radius 2 is 2.32 bits per heavy atom. The normalized spacial score (nSPS) is 18.8. The number of carbonyl (C=O) groups excluding carboxylic acids is 1. The van der Waals surface area contributed by atoms with Crippen LogP contribution in [0.2, 0.25) is 0 Å². The number of thioether (sulfide) groups is 1. The lowest BCUT2D eigenvalue weighted by molar-refractivity contribution is -0.383. The Morgan fingerprint density at radius 3 is 2.89 bits per heavy atom. The standard InChI is InChI=1S/C12H15N3O3S/c13-10-6-8(3-4-11(10)15(17)18)12(16)14-9-2-1-5-19-7-9/h3-4,6,9H,1-2,5,7,13H2,(H,14,16). The third-order valence-corrected chi connectivity index (χ3v) is 4.20. The van der Waals surface area contributed by atoms with Crippen LogP contribution in [-0.4, -0.2) is 28.4 Å². The number of hydrogen-bond donors (Lipinski definition) is 2. The van der Waals surface area contributed by atoms with Crippen LogP contribution < -0.4 is 11.1 Å². The van der Waals surface area contributed by atoms with Crippen LogP contribution in [0, 0.1) is 10.1 Å². The third kappa shape index (κ3) is 3.37. The van der Waals surface area contributed by atoms with E-state index in [9.17, 15) is 14.9 Å². The SMILES string of the molecule is Nc1cc(C(=O)NC2CCCSC2)ccc1[N+](=O)[O-]. The van der Waals surface area contributed by atoms with Crippen molar-refractivity contribution in [3.05, 3.63) is 33.9 Å². The number of nitrogens with zero attached hydrogens (tertiary/aromatic N) is 1. The molecule has 1 atom stereocenters. The van der Waals surface area contributed by atoms with Crippen molar-refractivity contribution in [1.29, 1.82) is 0 Å². The fourth-order valence-electron chi connectivity index (χ4n) is 1.99. The summed E-state index contributed by atoms with van der Waals surface area (Å²) in [6, 6.07) is 4.21. The first-order chi connectivity index (χ1) is 9.08. The minimum absolute atomic E-state index is 0.00988. The fraction of sp³-hybridized carbons (Fsp3) is 0.417. The van der Waals surface area contributed by atoms with Gasteiger partial charge in [-0.05, 0) is 30.7 Å². The number of benzene rings is 1. The van der Waals surface area contributed by atoms with Gasteiger partial charge in [0.1, 0.15) is 5.69 Å². The molecule has 0 saturated carbocycles. The molecule has 2 rings (SSSR count). The van der Waals surface area contributed by atoms with Crippen LogP contribution in [0.4, 0.5) is 11.4 Å². The molecule has 0 radical (unpaired) electrons. The van der Waals surface area contributed by atoms with E-state index in [0.717, 1.165) is 24.3 Å². The molecule has 0 bridgehead atoms. The van der Waals surface area contributed by atoms with Crippen molar-refractivity contribution in [2.24, 2.45) is 0 Å². The van der Waals surface area contributed by atoms with Crippen LogP contribution in [0.15, 0.2) is 18.2 Å². The number of nitro benzene ring substituents is 1. The minimum Gasteiger partial charge on any atom is -0.393 e. The van der Waals surface area contributed by atoms with Crippen molar-refractivity contribution in [3.8, 4) is 0 Å². The zero-order chi connectivity index (χ0) is 13.8. The van der Waals surface area contributed by atoms with Crippen molar-refractivity contribution >= 4 is 29.0 Å². The second kappa shape index (κ2) is 5.92. The Kier molecular flexibility index (Phi) is 4.26. The number of nitrogens with one attached hydrogen (secondary N) is 1. The van der Waals surface area contributed by atoms with Gasteiger partial charge in [-0.3, -0.25) is 14.9 Å². The summed E-state index contributed by atoms with van der Waals surface area (Å²) < 4.78 is 0. The van der Waals surface area contributed by atoms with Gasteiger partial charge >= 0.3 is 0 Å². The lowest BCUT2D eigenvalue weighted by Gasteiger charge is -2.22. The number of nitrogen functional groups attached to an aromatic ring is 1. The average molecular weight is 281 g/mol. The van der Waals surface area contributed by atoms with Gasteiger partial charge in [-0.15, -0.1) is 0 Å². The summed E-state index contributed by atoms with van der Waals surface area (Å²) in [6.07, 6.45) is 2.07. The van der Waals surface area contributed by atoms with Gasteiger partial charge in [0.05, 0.1) is 4.92 Å². The van der Waals surface area contributed by atoms with Gasteiger partial charge in [0.15, 0.2) is 0 Å². The monoisotopic (exact) mass is 281 g/mol. The number of anilines is 1. The lowest BCUT2D eigenvalue weighted by atomic mass is 10.1. The zero-order valence-electron chi connectivity index (χ0n) is 10.3. The van der Waals surface area contributed by atoms with E-state index in [1.54, 1.807) is 0 Å². The van der Waals surface area contributed by atoms with E-state index in [-0.39, 0.29) is 23.3 Å². The molecule has 0 spiro atoms. The Labute approximate surface area is 114 Å². The van der Waals surface area contributed by atoms with Crippen LogP contribution in [-0.2, 0) is 0 Å². The second-order valence-corrected chi connectivity index (χ2v) is 5.57. The first kappa shape index (κ1) is 13.7. The summed E-state index contributed by atoms with van der Waals surface area (Å²) in [5.74, 6) is 1.82. The maximum Gasteiger partial charge on any atom is 0.292 e. The molecule has 1 aliphatic rings. The number of amides is 1. The maximum atomic E-state index is 12.0. The van der Waals surface area contributed by atoms with E-state index in [1.165, 1.54) is 18.2 Å². The van der Waals surface area contributed by atoms with Crippen LogP contribution in [0.1, 0.15) is 23.2 Å². The predicted octanol–water partition coefficient (Wildman–Crippen LogP) is 1.80. The number of nitro groups is 1. The van der Waals surface area contributed by atoms with Crippen LogP contribution in [0.25, 0.3) is 0 Å². The molecule has 3 N–H and O–H groups in total. The van der Waals surface area contributed by atoms with Gasteiger partial charge in [-0.25, -0.2) is 0 Å². The maximum absolute atomic E-state index is 12.0. The molecule has 0 aliphatic carbocycles. The van der Waals surface area contributed by atoms with Gasteiger partial charge in [-0.2, -0.15) is 11.8 Å². The van der Waals surface area contributed by atoms with Crippen molar-refractivity contribution in [2.75, 3.05) is 17.2 Å². The summed E-state index contributed by atoms with van der Waals surface area (Å²) in [5, 5.41) is 13.6. The van der Waals surface area contributed by atoms with Crippen LogP contribution in [0.5, 0.6) is 0 Å². The molecular formula is C12H15N3O3S. The summed E-state index contributed by atoms with van der Waals surface area (Å²) in [5.41, 5.74) is 5.76. The van der Waals surface area contributed by atoms with E-state index >= 15 is 0 Å². The molecule has 1 saturated heterocycles. The number of rotatable bonds is 3. The molecule has 19 heavy (non-hydrogen) atoms. The molecule has 1 amide bonds. The summed E-state index contributed by atoms with van der Waals surface area (Å²) in [6.45, 7) is 0. The highest BCUT2D eigenvalue weighted by Gasteiger charge is 2.19. The first-order valence-corrected chi connectivity index (χ1v) is 7.16. The van der Waals surface area contributed by atoms with E-state index < -0.39 is 4.92 Å². The van der Waals surface area contributed by atoms with Gasteiger partial charge in [-0.1, -0.05) is 0 Å². The van der Waals surface area contributed by atoms with E-state index in [2.05, 4.69) is 5.32 Å². The molecule has 1 aliphatic heterocycles. The molecule has 6 nitrogen and oxygen atoms in total. The Hall–Kier alpha value is -1.76. The van der Waals surface area contributed by atoms with Crippen molar-refractivity contribution in [2.45, 2.75) is 18.9 Å². The van der Waals surface area contributed by atoms with Crippen molar-refractivity contribution < 1.29 is 9.72 Å². The molecule has 102 valence electrons. The lowest BCUT2D eigenvalue weighted by Crippen LogP contribution is -2.38. The number of hydrogen-bond acceptors (Lipinski definition) is 5. The van der Waals surface area contributed by atoms with Gasteiger partial charge < -0.3 is 11.1 Å². The molecule has 1 heterocycles. The molecule has 7 heteroatoms. The van der Waals surface area contributed by atoms with Crippen LogP contribution >= 0.6 is 11.8 Å². The fourth-order valence-corrected chi connectivity index (χ4v) is 3.06. The Morgan fingerprint density at radius 1 is 1.53 bits per heavy atom. The van der Waals surface area contributed by atoms with Crippen molar-refractivity contribution in [1.82, 2.24) is 5.32 Å². The minimum atomic E-state index is -0.561. The second-order valence-electron chi connectivity index (χ2n) is 4.42. The molecule has 1 aromatic carbocycles. The highest BCUT2D eigenvalue weighted by molar-refractivity contribution is 7.99. The largest absolute Gasteiger partial charge is 0.393 e. The molecule has 1 aromatic rings. The van der Waals surface area contributed by atoms with Gasteiger partial charge in [0.25, 0.3) is 11.6 Å². The summed E-state index contributed by atoms with van der Waals surface area (Å²) in [7, 11) is 0. The van der Waals surface area contributed by atoms with E-state index in [4.69, 9.17) is 5.73 Å². The highest BCUT2D eigenvalue weighted by Crippen LogP contribution is 2.22. The highest BCUT2D eigenvalue weighted by atomic mass is 32.2. The Bertz CT molecular complexity index is 501. The van der Waals surface area contributed by atoms with Gasteiger partial charge in [0.2, 0.25) is 0 Å².